The van der Waals surface area contributed by atoms with Gasteiger partial charge in [-0.2, -0.15) is 0 Å². The number of hydrogen-bond donors (Lipinski definition) is 2. The van der Waals surface area contributed by atoms with Gasteiger partial charge in [-0.25, -0.2) is 0 Å². The van der Waals surface area contributed by atoms with Gasteiger partial charge in [0.1, 0.15) is 0 Å². The maximum atomic E-state index is 9.44. The first-order valence-electron chi connectivity index (χ1n) is 5.46. The molecule has 16 heavy (non-hydrogen) atoms. The minimum Gasteiger partial charge on any atom is -0.399 e. The molecule has 0 amide bonds. The summed E-state index contributed by atoms with van der Waals surface area (Å²) < 4.78 is 0. The van der Waals surface area contributed by atoms with E-state index in [9.17, 15) is 5.11 Å². The number of aryl methyl sites for hydroxylation is 1. The fourth-order valence-electron chi connectivity index (χ4n) is 2.14. The molecule has 1 aliphatic rings. The van der Waals surface area contributed by atoms with Crippen molar-refractivity contribution in [2.45, 2.75) is 25.9 Å². The smallest absolute Gasteiger partial charge is 0.0574 e. The summed E-state index contributed by atoms with van der Waals surface area (Å²) in [6.45, 7) is 3.95. The number of hydrogen-bond acceptors (Lipinski definition) is 3. The summed E-state index contributed by atoms with van der Waals surface area (Å²) in [5, 5.41) is 9.44. The highest BCUT2D eigenvalue weighted by molar-refractivity contribution is 5.85. The predicted molar refractivity (Wildman–Crippen MR) is 70.3 cm³/mol. The fourth-order valence-corrected chi connectivity index (χ4v) is 2.14. The van der Waals surface area contributed by atoms with E-state index in [1.807, 2.05) is 12.1 Å². The standard InChI is InChI=1S/C12H18N2O.ClH/c1-9-8-10(13)2-3-12(9)14-6-4-11(15)5-7-14;/h2-3,8,11,15H,4-7,13H2,1H3;1H. The Morgan fingerprint density at radius 3 is 2.50 bits per heavy atom. The van der Waals surface area contributed by atoms with E-state index in [2.05, 4.69) is 17.9 Å². The summed E-state index contributed by atoms with van der Waals surface area (Å²) in [7, 11) is 0. The predicted octanol–water partition coefficient (Wildman–Crippen LogP) is 1.96. The van der Waals surface area contributed by atoms with Crippen molar-refractivity contribution in [3.05, 3.63) is 23.8 Å². The topological polar surface area (TPSA) is 49.5 Å². The molecule has 2 rings (SSSR count). The molecular weight excluding hydrogens is 224 g/mol. The fraction of sp³-hybridized carbons (Fsp3) is 0.500. The molecule has 0 bridgehead atoms. The highest BCUT2D eigenvalue weighted by atomic mass is 35.5. The molecule has 0 radical (unpaired) electrons. The molecule has 1 aliphatic heterocycles. The van der Waals surface area contributed by atoms with Gasteiger partial charge in [-0.05, 0) is 43.5 Å². The van der Waals surface area contributed by atoms with Gasteiger partial charge in [-0.15, -0.1) is 12.4 Å². The Balaban J connectivity index is 0.00000128. The normalized spacial score (nSPS) is 17.0. The number of aliphatic hydroxyl groups excluding tert-OH is 1. The zero-order valence-electron chi connectivity index (χ0n) is 9.52. The van der Waals surface area contributed by atoms with Crippen LogP contribution in [-0.4, -0.2) is 24.3 Å². The van der Waals surface area contributed by atoms with Crippen LogP contribution in [0.15, 0.2) is 18.2 Å². The molecule has 3 N–H and O–H groups in total. The number of nitrogens with two attached hydrogens (primary N) is 1. The number of benzene rings is 1. The summed E-state index contributed by atoms with van der Waals surface area (Å²) in [5.41, 5.74) is 8.99. The summed E-state index contributed by atoms with van der Waals surface area (Å²) >= 11 is 0. The van der Waals surface area contributed by atoms with Crippen molar-refractivity contribution in [2.75, 3.05) is 23.7 Å². The van der Waals surface area contributed by atoms with Crippen LogP contribution < -0.4 is 10.6 Å². The Bertz CT molecular complexity index is 349. The van der Waals surface area contributed by atoms with Gasteiger partial charge in [0.15, 0.2) is 0 Å². The minimum atomic E-state index is -0.115. The van der Waals surface area contributed by atoms with Crippen molar-refractivity contribution >= 4 is 23.8 Å². The maximum Gasteiger partial charge on any atom is 0.0574 e. The number of nitrogens with zero attached hydrogens (tertiary/aromatic N) is 1. The van der Waals surface area contributed by atoms with E-state index in [0.717, 1.165) is 31.6 Å². The average molecular weight is 243 g/mol. The Morgan fingerprint density at radius 2 is 1.94 bits per heavy atom. The number of nitrogen functional groups attached to an aromatic ring is 1. The first kappa shape index (κ1) is 13.1. The van der Waals surface area contributed by atoms with Crippen LogP contribution in [0.3, 0.4) is 0 Å². The second-order valence-electron chi connectivity index (χ2n) is 4.26. The molecule has 4 heteroatoms. The van der Waals surface area contributed by atoms with Crippen LogP contribution in [0.5, 0.6) is 0 Å². The maximum absolute atomic E-state index is 9.44. The van der Waals surface area contributed by atoms with Crippen LogP contribution in [-0.2, 0) is 0 Å². The SMILES string of the molecule is Cc1cc(N)ccc1N1CCC(O)CC1.Cl. The van der Waals surface area contributed by atoms with Crippen LogP contribution in [0.25, 0.3) is 0 Å². The number of halogens is 1. The minimum absolute atomic E-state index is 0. The molecule has 1 saturated heterocycles. The molecule has 3 nitrogen and oxygen atoms in total. The molecule has 90 valence electrons. The zero-order chi connectivity index (χ0) is 10.8. The first-order valence-corrected chi connectivity index (χ1v) is 5.46. The number of anilines is 2. The highest BCUT2D eigenvalue weighted by Crippen LogP contribution is 2.25. The van der Waals surface area contributed by atoms with Gasteiger partial charge in [0.25, 0.3) is 0 Å². The molecule has 0 aliphatic carbocycles. The molecule has 1 aromatic carbocycles. The molecule has 0 unspecified atom stereocenters. The lowest BCUT2D eigenvalue weighted by molar-refractivity contribution is 0.145. The Hall–Kier alpha value is -0.930. The number of aliphatic hydroxyl groups is 1. The molecule has 1 aromatic rings. The molecular formula is C12H19ClN2O. The van der Waals surface area contributed by atoms with Crippen LogP contribution in [0.2, 0.25) is 0 Å². The van der Waals surface area contributed by atoms with Gasteiger partial charge >= 0.3 is 0 Å². The van der Waals surface area contributed by atoms with Crippen LogP contribution >= 0.6 is 12.4 Å². The lowest BCUT2D eigenvalue weighted by Gasteiger charge is -2.32. The van der Waals surface area contributed by atoms with Crippen molar-refractivity contribution < 1.29 is 5.11 Å². The third-order valence-corrected chi connectivity index (χ3v) is 3.03. The summed E-state index contributed by atoms with van der Waals surface area (Å²) in [6, 6.07) is 6.01. The first-order chi connectivity index (χ1) is 7.16. The second kappa shape index (κ2) is 5.41. The number of piperidine rings is 1. The summed E-state index contributed by atoms with van der Waals surface area (Å²) in [6.07, 6.45) is 1.61. The van der Waals surface area contributed by atoms with E-state index >= 15 is 0 Å². The van der Waals surface area contributed by atoms with Crippen molar-refractivity contribution in [1.82, 2.24) is 0 Å². The van der Waals surface area contributed by atoms with Gasteiger partial charge in [0.05, 0.1) is 6.10 Å². The largest absolute Gasteiger partial charge is 0.399 e. The monoisotopic (exact) mass is 242 g/mol. The molecule has 1 fully saturated rings. The summed E-state index contributed by atoms with van der Waals surface area (Å²) in [4.78, 5) is 2.32. The van der Waals surface area contributed by atoms with E-state index in [4.69, 9.17) is 5.73 Å². The molecule has 0 spiro atoms. The van der Waals surface area contributed by atoms with Gasteiger partial charge in [-0.3, -0.25) is 0 Å². The Kier molecular flexibility index (Phi) is 4.44. The lowest BCUT2D eigenvalue weighted by atomic mass is 10.1. The lowest BCUT2D eigenvalue weighted by Crippen LogP contribution is -2.36. The van der Waals surface area contributed by atoms with Crippen molar-refractivity contribution in [1.29, 1.82) is 0 Å². The van der Waals surface area contributed by atoms with E-state index in [1.54, 1.807) is 0 Å². The Labute approximate surface area is 103 Å². The van der Waals surface area contributed by atoms with Crippen molar-refractivity contribution in [2.24, 2.45) is 0 Å². The third-order valence-electron chi connectivity index (χ3n) is 3.03. The van der Waals surface area contributed by atoms with Crippen molar-refractivity contribution in [3.63, 3.8) is 0 Å². The van der Waals surface area contributed by atoms with E-state index in [-0.39, 0.29) is 18.5 Å². The molecule has 0 saturated carbocycles. The zero-order valence-corrected chi connectivity index (χ0v) is 10.3. The van der Waals surface area contributed by atoms with Crippen LogP contribution in [0.1, 0.15) is 18.4 Å². The van der Waals surface area contributed by atoms with Crippen molar-refractivity contribution in [3.8, 4) is 0 Å². The van der Waals surface area contributed by atoms with Crippen LogP contribution in [0.4, 0.5) is 11.4 Å². The van der Waals surface area contributed by atoms with Gasteiger partial charge in [-0.1, -0.05) is 0 Å². The van der Waals surface area contributed by atoms with Gasteiger partial charge in [0.2, 0.25) is 0 Å². The van der Waals surface area contributed by atoms with Crippen LogP contribution in [0, 0.1) is 6.92 Å². The van der Waals surface area contributed by atoms with E-state index < -0.39 is 0 Å². The van der Waals surface area contributed by atoms with Gasteiger partial charge in [0, 0.05) is 24.5 Å². The third kappa shape index (κ3) is 2.80. The molecule has 1 heterocycles. The second-order valence-corrected chi connectivity index (χ2v) is 4.26. The average Bonchev–Trinajstić information content (AvgIpc) is 2.20. The summed E-state index contributed by atoms with van der Waals surface area (Å²) in [5.74, 6) is 0. The quantitative estimate of drug-likeness (QED) is 0.741. The molecule has 0 atom stereocenters. The van der Waals surface area contributed by atoms with Gasteiger partial charge < -0.3 is 15.7 Å². The number of rotatable bonds is 1. The Morgan fingerprint density at radius 1 is 1.31 bits per heavy atom. The van der Waals surface area contributed by atoms with E-state index in [1.165, 1.54) is 11.3 Å². The molecule has 0 aromatic heterocycles. The van der Waals surface area contributed by atoms with E-state index in [0.29, 0.717) is 0 Å². The highest BCUT2D eigenvalue weighted by Gasteiger charge is 2.18.